The number of alkyl halides is 3. The van der Waals surface area contributed by atoms with Gasteiger partial charge >= 0.3 is 6.36 Å². The maximum absolute atomic E-state index is 13.4. The van der Waals surface area contributed by atoms with Crippen molar-refractivity contribution in [3.63, 3.8) is 0 Å². The van der Waals surface area contributed by atoms with Gasteiger partial charge in [0.05, 0.1) is 10.6 Å². The number of piperidine rings is 1. The lowest BCUT2D eigenvalue weighted by Gasteiger charge is -2.27. The summed E-state index contributed by atoms with van der Waals surface area (Å²) in [7, 11) is -3.94. The van der Waals surface area contributed by atoms with Gasteiger partial charge in [0.25, 0.3) is 0 Å². The average Bonchev–Trinajstić information content (AvgIpc) is 2.86. The third-order valence-electron chi connectivity index (χ3n) is 5.63. The van der Waals surface area contributed by atoms with Gasteiger partial charge in [-0.05, 0) is 59.7 Å². The third kappa shape index (κ3) is 6.83. The van der Waals surface area contributed by atoms with Crippen LogP contribution in [0.2, 0.25) is 0 Å². The van der Waals surface area contributed by atoms with Crippen LogP contribution in [0, 0.1) is 11.6 Å². The highest BCUT2D eigenvalue weighted by atomic mass is 32.2. The zero-order valence-electron chi connectivity index (χ0n) is 19.2. The Balaban J connectivity index is 1.43. The van der Waals surface area contributed by atoms with Crippen molar-refractivity contribution in [2.24, 2.45) is 5.16 Å². The maximum Gasteiger partial charge on any atom is 0.573 e. The second-order valence-corrected chi connectivity index (χ2v) is 10.1. The number of hydrogen-bond donors (Lipinski definition) is 0. The van der Waals surface area contributed by atoms with E-state index in [0.29, 0.717) is 16.8 Å². The van der Waals surface area contributed by atoms with Gasteiger partial charge in [0.2, 0.25) is 10.0 Å². The van der Waals surface area contributed by atoms with Gasteiger partial charge in [0, 0.05) is 25.9 Å². The molecule has 12 heteroatoms. The quantitative estimate of drug-likeness (QED) is 0.280. The fourth-order valence-corrected chi connectivity index (χ4v) is 5.20. The van der Waals surface area contributed by atoms with E-state index in [2.05, 4.69) is 9.89 Å². The van der Waals surface area contributed by atoms with E-state index >= 15 is 0 Å². The highest BCUT2D eigenvalue weighted by molar-refractivity contribution is 7.89. The van der Waals surface area contributed by atoms with Gasteiger partial charge in [0.1, 0.15) is 17.4 Å². The fourth-order valence-electron chi connectivity index (χ4n) is 3.75. The van der Waals surface area contributed by atoms with Gasteiger partial charge in [-0.1, -0.05) is 29.4 Å². The first-order valence-corrected chi connectivity index (χ1v) is 12.5. The van der Waals surface area contributed by atoms with Crippen molar-refractivity contribution in [3.8, 4) is 5.75 Å². The lowest BCUT2D eigenvalue weighted by molar-refractivity contribution is -0.274. The molecule has 1 fully saturated rings. The number of sulfonamides is 1. The highest BCUT2D eigenvalue weighted by Gasteiger charge is 2.32. The first kappa shape index (κ1) is 26.6. The predicted molar refractivity (Wildman–Crippen MR) is 124 cm³/mol. The van der Waals surface area contributed by atoms with E-state index < -0.39 is 39.9 Å². The largest absolute Gasteiger partial charge is 0.573 e. The van der Waals surface area contributed by atoms with Crippen molar-refractivity contribution < 1.29 is 39.9 Å². The zero-order chi connectivity index (χ0) is 26.6. The second-order valence-electron chi connectivity index (χ2n) is 8.17. The van der Waals surface area contributed by atoms with Gasteiger partial charge < -0.3 is 9.57 Å². The van der Waals surface area contributed by atoms with E-state index in [1.165, 1.54) is 52.8 Å². The molecule has 6 nitrogen and oxygen atoms in total. The first-order chi connectivity index (χ1) is 17.5. The van der Waals surface area contributed by atoms with Gasteiger partial charge in [-0.15, -0.1) is 13.2 Å². The Kier molecular flexibility index (Phi) is 7.79. The Bertz CT molecular complexity index is 1290. The van der Waals surface area contributed by atoms with Crippen molar-refractivity contribution >= 4 is 15.7 Å². The van der Waals surface area contributed by atoms with Crippen LogP contribution < -0.4 is 4.74 Å². The molecule has 37 heavy (non-hydrogen) atoms. The molecule has 3 aromatic rings. The molecule has 3 aromatic carbocycles. The molecular weight excluding hydrogens is 519 g/mol. The SMILES string of the molecule is O=S(=O)(c1ccc(OC(F)(F)F)cc1)N1CCC(=NOC(c2ccc(F)cc2)c2ccc(F)cc2)CC1. The molecule has 0 spiro atoms. The van der Waals surface area contributed by atoms with Crippen LogP contribution in [0.4, 0.5) is 22.0 Å². The maximum atomic E-state index is 13.4. The Morgan fingerprint density at radius 2 is 1.27 bits per heavy atom. The Labute approximate surface area is 210 Å². The van der Waals surface area contributed by atoms with Crippen LogP contribution in [0.25, 0.3) is 0 Å². The zero-order valence-corrected chi connectivity index (χ0v) is 20.0. The van der Waals surface area contributed by atoms with Crippen molar-refractivity contribution in [3.05, 3.63) is 95.6 Å². The summed E-state index contributed by atoms with van der Waals surface area (Å²) in [5.74, 6) is -1.37. The molecular formula is C25H21F5N2O4S. The number of halogens is 5. The van der Waals surface area contributed by atoms with Gasteiger partial charge in [-0.2, -0.15) is 4.31 Å². The van der Waals surface area contributed by atoms with Crippen LogP contribution in [0.15, 0.2) is 82.8 Å². The number of oxime groups is 1. The van der Waals surface area contributed by atoms with Gasteiger partial charge in [-0.3, -0.25) is 0 Å². The molecule has 0 bridgehead atoms. The lowest BCUT2D eigenvalue weighted by Crippen LogP contribution is -2.38. The minimum absolute atomic E-state index is 0.0864. The summed E-state index contributed by atoms with van der Waals surface area (Å²) in [5, 5.41) is 4.20. The Morgan fingerprint density at radius 3 is 1.73 bits per heavy atom. The molecule has 0 amide bonds. The molecule has 4 rings (SSSR count). The molecule has 0 radical (unpaired) electrons. The molecule has 0 aliphatic carbocycles. The smallest absolute Gasteiger partial charge is 0.406 e. The van der Waals surface area contributed by atoms with E-state index in [4.69, 9.17) is 4.84 Å². The summed E-state index contributed by atoms with van der Waals surface area (Å²) < 4.78 is 94.6. The summed E-state index contributed by atoms with van der Waals surface area (Å²) in [5.41, 5.74) is 1.78. The molecule has 0 unspecified atom stereocenters. The van der Waals surface area contributed by atoms with Crippen molar-refractivity contribution in [1.29, 1.82) is 0 Å². The summed E-state index contributed by atoms with van der Waals surface area (Å²) in [6.45, 7) is 0.173. The minimum atomic E-state index is -4.88. The number of ether oxygens (including phenoxy) is 1. The molecule has 0 aromatic heterocycles. The second kappa shape index (κ2) is 10.9. The topological polar surface area (TPSA) is 68.2 Å². The molecule has 0 atom stereocenters. The third-order valence-corrected chi connectivity index (χ3v) is 7.54. The monoisotopic (exact) mass is 540 g/mol. The van der Waals surface area contributed by atoms with Crippen LogP contribution in [0.5, 0.6) is 5.75 Å². The molecule has 196 valence electrons. The van der Waals surface area contributed by atoms with E-state index in [1.807, 2.05) is 0 Å². The molecule has 0 N–H and O–H groups in total. The van der Waals surface area contributed by atoms with Crippen LogP contribution in [-0.4, -0.2) is 37.9 Å². The van der Waals surface area contributed by atoms with Crippen LogP contribution in [0.3, 0.4) is 0 Å². The summed E-state index contributed by atoms with van der Waals surface area (Å²) >= 11 is 0. The number of rotatable bonds is 7. The lowest BCUT2D eigenvalue weighted by atomic mass is 10.0. The molecule has 1 aliphatic rings. The molecule has 1 heterocycles. The normalized spacial score (nSPS) is 15.0. The van der Waals surface area contributed by atoms with E-state index in [0.717, 1.165) is 24.3 Å². The average molecular weight is 541 g/mol. The number of benzene rings is 3. The number of nitrogens with zero attached hydrogens (tertiary/aromatic N) is 2. The van der Waals surface area contributed by atoms with Crippen molar-refractivity contribution in [2.75, 3.05) is 13.1 Å². The first-order valence-electron chi connectivity index (χ1n) is 11.1. The van der Waals surface area contributed by atoms with Crippen LogP contribution >= 0.6 is 0 Å². The van der Waals surface area contributed by atoms with E-state index in [-0.39, 0.29) is 30.8 Å². The van der Waals surface area contributed by atoms with E-state index in [9.17, 15) is 30.4 Å². The van der Waals surface area contributed by atoms with Crippen molar-refractivity contribution in [1.82, 2.24) is 4.31 Å². The fraction of sp³-hybridized carbons (Fsp3) is 0.240. The molecule has 0 saturated carbocycles. The molecule has 1 aliphatic heterocycles. The Hall–Kier alpha value is -3.51. The number of hydrogen-bond acceptors (Lipinski definition) is 5. The predicted octanol–water partition coefficient (Wildman–Crippen LogP) is 5.81. The Morgan fingerprint density at radius 1 is 0.784 bits per heavy atom. The standard InChI is InChI=1S/C25H21F5N2O4S/c26-19-5-1-17(2-6-19)24(18-3-7-20(27)8-4-18)36-31-21-13-15-32(16-14-21)37(33,34)23-11-9-22(10-12-23)35-25(28,29)30/h1-12,24H,13-16H2. The van der Waals surface area contributed by atoms with E-state index in [1.54, 1.807) is 0 Å². The summed E-state index contributed by atoms with van der Waals surface area (Å²) in [4.78, 5) is 5.60. The van der Waals surface area contributed by atoms with Gasteiger partial charge in [0.15, 0.2) is 6.10 Å². The molecule has 1 saturated heterocycles. The van der Waals surface area contributed by atoms with Crippen molar-refractivity contribution in [2.45, 2.75) is 30.2 Å². The van der Waals surface area contributed by atoms with Gasteiger partial charge in [-0.25, -0.2) is 17.2 Å². The minimum Gasteiger partial charge on any atom is -0.406 e. The van der Waals surface area contributed by atoms with Crippen LogP contribution in [-0.2, 0) is 14.9 Å². The highest BCUT2D eigenvalue weighted by Crippen LogP contribution is 2.29. The van der Waals surface area contributed by atoms with Crippen LogP contribution in [0.1, 0.15) is 30.1 Å². The summed E-state index contributed by atoms with van der Waals surface area (Å²) in [6, 6.07) is 15.2. The summed E-state index contributed by atoms with van der Waals surface area (Å²) in [6.07, 6.45) is -5.10.